The van der Waals surface area contributed by atoms with E-state index in [1.54, 1.807) is 11.3 Å². The van der Waals surface area contributed by atoms with Gasteiger partial charge in [-0.3, -0.25) is 0 Å². The zero-order valence-electron chi connectivity index (χ0n) is 6.66. The highest BCUT2D eigenvalue weighted by Crippen LogP contribution is 2.33. The van der Waals surface area contributed by atoms with Gasteiger partial charge in [0.1, 0.15) is 0 Å². The molecule has 62 valence electrons. The molecule has 0 aliphatic carbocycles. The van der Waals surface area contributed by atoms with E-state index in [1.165, 1.54) is 15.6 Å². The Morgan fingerprint density at radius 1 is 1.42 bits per heavy atom. The van der Waals surface area contributed by atoms with Gasteiger partial charge in [-0.1, -0.05) is 6.07 Å². The van der Waals surface area contributed by atoms with Crippen LogP contribution in [0.4, 0.5) is 5.00 Å². The van der Waals surface area contributed by atoms with E-state index < -0.39 is 0 Å². The van der Waals surface area contributed by atoms with E-state index in [0.29, 0.717) is 0 Å². The minimum absolute atomic E-state index is 0.856. The summed E-state index contributed by atoms with van der Waals surface area (Å²) >= 11 is 5.98. The molecule has 12 heavy (non-hydrogen) atoms. The molecule has 3 heteroatoms. The molecule has 2 N–H and O–H groups in total. The summed E-state index contributed by atoms with van der Waals surface area (Å²) < 4.78 is 1.25. The fraction of sp³-hybridized carbons (Fsp3) is 0.111. The SMILES string of the molecule is Cc1ccc(S)c2cc(N)sc12. The predicted octanol–water partition coefficient (Wildman–Crippen LogP) is 3.08. The van der Waals surface area contributed by atoms with Crippen molar-refractivity contribution in [3.8, 4) is 0 Å². The second-order valence-corrected chi connectivity index (χ2v) is 4.36. The molecular weight excluding hydrogens is 186 g/mol. The Bertz CT molecular complexity index is 392. The Labute approximate surface area is 80.6 Å². The van der Waals surface area contributed by atoms with Gasteiger partial charge in [-0.2, -0.15) is 0 Å². The normalized spacial score (nSPS) is 10.8. The van der Waals surface area contributed by atoms with Crippen molar-refractivity contribution in [2.24, 2.45) is 0 Å². The van der Waals surface area contributed by atoms with Crippen molar-refractivity contribution in [1.29, 1.82) is 0 Å². The zero-order valence-corrected chi connectivity index (χ0v) is 8.38. The third kappa shape index (κ3) is 1.09. The van der Waals surface area contributed by atoms with E-state index in [-0.39, 0.29) is 0 Å². The molecule has 0 amide bonds. The van der Waals surface area contributed by atoms with E-state index in [1.807, 2.05) is 12.1 Å². The second-order valence-electron chi connectivity index (χ2n) is 2.79. The molecule has 1 aromatic carbocycles. The minimum atomic E-state index is 0.856. The average Bonchev–Trinajstić information content (AvgIpc) is 2.41. The third-order valence-electron chi connectivity index (χ3n) is 1.88. The molecule has 0 unspecified atom stereocenters. The molecular formula is C9H9NS2. The van der Waals surface area contributed by atoms with Gasteiger partial charge in [0.25, 0.3) is 0 Å². The van der Waals surface area contributed by atoms with Crippen LogP contribution in [0.2, 0.25) is 0 Å². The molecule has 0 saturated heterocycles. The maximum absolute atomic E-state index is 5.71. The van der Waals surface area contributed by atoms with Crippen molar-refractivity contribution in [3.05, 3.63) is 23.8 Å². The molecule has 1 aromatic heterocycles. The molecule has 2 rings (SSSR count). The first kappa shape index (κ1) is 7.95. The lowest BCUT2D eigenvalue weighted by Crippen LogP contribution is -1.73. The van der Waals surface area contributed by atoms with Gasteiger partial charge in [-0.05, 0) is 24.6 Å². The van der Waals surface area contributed by atoms with Crippen molar-refractivity contribution >= 4 is 39.1 Å². The van der Waals surface area contributed by atoms with Gasteiger partial charge in [0, 0.05) is 15.0 Å². The van der Waals surface area contributed by atoms with Gasteiger partial charge in [0.05, 0.1) is 5.00 Å². The number of anilines is 1. The quantitative estimate of drug-likeness (QED) is 0.621. The summed E-state index contributed by atoms with van der Waals surface area (Å²) in [6, 6.07) is 6.06. The van der Waals surface area contributed by atoms with Gasteiger partial charge in [0.15, 0.2) is 0 Å². The maximum Gasteiger partial charge on any atom is 0.0869 e. The molecule has 1 heterocycles. The summed E-state index contributed by atoms with van der Waals surface area (Å²) in [6.45, 7) is 2.09. The molecule has 0 spiro atoms. The van der Waals surface area contributed by atoms with Crippen LogP contribution in [0, 0.1) is 6.92 Å². The maximum atomic E-state index is 5.71. The van der Waals surface area contributed by atoms with Gasteiger partial charge < -0.3 is 5.73 Å². The fourth-order valence-corrected chi connectivity index (χ4v) is 2.51. The van der Waals surface area contributed by atoms with Crippen molar-refractivity contribution in [1.82, 2.24) is 0 Å². The monoisotopic (exact) mass is 195 g/mol. The van der Waals surface area contributed by atoms with Gasteiger partial charge >= 0.3 is 0 Å². The molecule has 0 fully saturated rings. The lowest BCUT2D eigenvalue weighted by molar-refractivity contribution is 1.49. The number of aryl methyl sites for hydroxylation is 1. The van der Waals surface area contributed by atoms with E-state index in [9.17, 15) is 0 Å². The Balaban J connectivity index is 2.93. The zero-order chi connectivity index (χ0) is 8.72. The van der Waals surface area contributed by atoms with Crippen LogP contribution in [0.15, 0.2) is 23.1 Å². The number of hydrogen-bond donors (Lipinski definition) is 2. The highest BCUT2D eigenvalue weighted by Gasteiger charge is 2.04. The van der Waals surface area contributed by atoms with Crippen LogP contribution >= 0.6 is 24.0 Å². The molecule has 0 saturated carbocycles. The van der Waals surface area contributed by atoms with Gasteiger partial charge in [-0.15, -0.1) is 24.0 Å². The van der Waals surface area contributed by atoms with Crippen LogP contribution in [0.5, 0.6) is 0 Å². The van der Waals surface area contributed by atoms with Crippen molar-refractivity contribution in [3.63, 3.8) is 0 Å². The van der Waals surface area contributed by atoms with Crippen LogP contribution < -0.4 is 5.73 Å². The fourth-order valence-electron chi connectivity index (χ4n) is 1.26. The topological polar surface area (TPSA) is 26.0 Å². The third-order valence-corrected chi connectivity index (χ3v) is 3.37. The van der Waals surface area contributed by atoms with E-state index >= 15 is 0 Å². The van der Waals surface area contributed by atoms with Crippen molar-refractivity contribution in [2.45, 2.75) is 11.8 Å². The largest absolute Gasteiger partial charge is 0.391 e. The number of hydrogen-bond acceptors (Lipinski definition) is 3. The highest BCUT2D eigenvalue weighted by molar-refractivity contribution is 7.80. The lowest BCUT2D eigenvalue weighted by Gasteiger charge is -1.96. The molecule has 0 radical (unpaired) electrons. The summed E-state index contributed by atoms with van der Waals surface area (Å²) in [7, 11) is 0. The predicted molar refractivity (Wildman–Crippen MR) is 58.2 cm³/mol. The highest BCUT2D eigenvalue weighted by atomic mass is 32.1. The van der Waals surface area contributed by atoms with Crippen LogP contribution in [-0.4, -0.2) is 0 Å². The molecule has 0 bridgehead atoms. The summed E-state index contributed by atoms with van der Waals surface area (Å²) in [4.78, 5) is 1.00. The average molecular weight is 195 g/mol. The van der Waals surface area contributed by atoms with Gasteiger partial charge in [-0.25, -0.2) is 0 Å². The van der Waals surface area contributed by atoms with Crippen molar-refractivity contribution < 1.29 is 0 Å². The van der Waals surface area contributed by atoms with Crippen LogP contribution in [0.25, 0.3) is 10.1 Å². The summed E-state index contributed by atoms with van der Waals surface area (Å²) in [6.07, 6.45) is 0. The van der Waals surface area contributed by atoms with Crippen molar-refractivity contribution in [2.75, 3.05) is 5.73 Å². The summed E-state index contributed by atoms with van der Waals surface area (Å²) in [5, 5.41) is 2.02. The summed E-state index contributed by atoms with van der Waals surface area (Å²) in [5.41, 5.74) is 6.98. The number of rotatable bonds is 0. The minimum Gasteiger partial charge on any atom is -0.391 e. The molecule has 1 nitrogen and oxygen atoms in total. The molecule has 0 aliphatic heterocycles. The molecule has 0 aliphatic rings. The Hall–Kier alpha value is -0.670. The van der Waals surface area contributed by atoms with Crippen LogP contribution in [-0.2, 0) is 0 Å². The number of fused-ring (bicyclic) bond motifs is 1. The van der Waals surface area contributed by atoms with E-state index in [2.05, 4.69) is 25.6 Å². The first-order valence-corrected chi connectivity index (χ1v) is 4.92. The first-order chi connectivity index (χ1) is 5.68. The number of benzene rings is 1. The number of nitrogens with two attached hydrogens (primary N) is 1. The first-order valence-electron chi connectivity index (χ1n) is 3.66. The standard InChI is InChI=1S/C9H9NS2/c1-5-2-3-7(11)6-4-8(10)12-9(5)6/h2-4,11H,10H2,1H3. The van der Waals surface area contributed by atoms with Gasteiger partial charge in [0.2, 0.25) is 0 Å². The Morgan fingerprint density at radius 3 is 2.83 bits per heavy atom. The smallest absolute Gasteiger partial charge is 0.0869 e. The van der Waals surface area contributed by atoms with Crippen LogP contribution in [0.3, 0.4) is 0 Å². The molecule has 2 aromatic rings. The summed E-state index contributed by atoms with van der Waals surface area (Å²) in [5.74, 6) is 0. The second kappa shape index (κ2) is 2.68. The van der Waals surface area contributed by atoms with E-state index in [0.717, 1.165) is 9.90 Å². The molecule has 0 atom stereocenters. The van der Waals surface area contributed by atoms with Crippen LogP contribution in [0.1, 0.15) is 5.56 Å². The Morgan fingerprint density at radius 2 is 2.17 bits per heavy atom. The number of thiophene rings is 1. The number of nitrogen functional groups attached to an aromatic ring is 1. The lowest BCUT2D eigenvalue weighted by atomic mass is 10.2. The Kier molecular flexibility index (Phi) is 1.77. The van der Waals surface area contributed by atoms with E-state index in [4.69, 9.17) is 5.73 Å². The number of thiol groups is 1.